The number of anilines is 4. The molecule has 0 saturated carbocycles. The number of nitrogens with one attached hydrogen (secondary N) is 2. The topological polar surface area (TPSA) is 116 Å². The van der Waals surface area contributed by atoms with Crippen molar-refractivity contribution in [1.82, 2.24) is 15.0 Å². The van der Waals surface area contributed by atoms with Gasteiger partial charge in [-0.05, 0) is 43.4 Å². The van der Waals surface area contributed by atoms with Gasteiger partial charge in [0.1, 0.15) is 11.1 Å². The molecule has 11 heteroatoms. The second kappa shape index (κ2) is 11.0. The van der Waals surface area contributed by atoms with Gasteiger partial charge in [0.25, 0.3) is 0 Å². The molecule has 2 aliphatic rings. The number of carbonyl (C=O) groups is 1. The molecule has 0 atom stereocenters. The Balaban J connectivity index is 1.30. The van der Waals surface area contributed by atoms with Crippen LogP contribution in [0.5, 0.6) is 0 Å². The molecule has 1 saturated heterocycles. The van der Waals surface area contributed by atoms with Crippen LogP contribution in [0.1, 0.15) is 28.8 Å². The molecule has 3 heterocycles. The van der Waals surface area contributed by atoms with E-state index in [0.29, 0.717) is 53.9 Å². The number of hydrogen-bond donors (Lipinski definition) is 2. The van der Waals surface area contributed by atoms with Gasteiger partial charge in [-0.3, -0.25) is 4.79 Å². The fourth-order valence-electron chi connectivity index (χ4n) is 4.09. The molecular formula is C24H25N7O2S2. The maximum absolute atomic E-state index is 12.8. The number of fused-ring (bicyclic) bond motifs is 1. The van der Waals surface area contributed by atoms with Gasteiger partial charge in [-0.25, -0.2) is 0 Å². The number of morpholine rings is 1. The SMILES string of the molecule is N#Cc1c(NC(=O)CSc2nc(Nc3ccccc3)nc(N3CCOCC3)n2)sc2c1CCCC2. The minimum absolute atomic E-state index is 0.130. The van der Waals surface area contributed by atoms with Gasteiger partial charge in [0.05, 0.1) is 24.5 Å². The highest BCUT2D eigenvalue weighted by atomic mass is 32.2. The fraction of sp³-hybridized carbons (Fsp3) is 0.375. The zero-order chi connectivity index (χ0) is 24.0. The molecule has 2 N–H and O–H groups in total. The lowest BCUT2D eigenvalue weighted by atomic mass is 9.96. The average Bonchev–Trinajstić information content (AvgIpc) is 3.25. The molecule has 1 amide bonds. The number of nitriles is 1. The molecule has 35 heavy (non-hydrogen) atoms. The van der Waals surface area contributed by atoms with Crippen molar-refractivity contribution in [2.75, 3.05) is 47.6 Å². The van der Waals surface area contributed by atoms with Crippen LogP contribution in [0, 0.1) is 11.3 Å². The molecule has 9 nitrogen and oxygen atoms in total. The summed E-state index contributed by atoms with van der Waals surface area (Å²) in [6.45, 7) is 2.62. The average molecular weight is 508 g/mol. The summed E-state index contributed by atoms with van der Waals surface area (Å²) in [4.78, 5) is 29.8. The Morgan fingerprint density at radius 1 is 1.14 bits per heavy atom. The largest absolute Gasteiger partial charge is 0.378 e. The zero-order valence-corrected chi connectivity index (χ0v) is 20.8. The molecule has 0 unspecified atom stereocenters. The smallest absolute Gasteiger partial charge is 0.235 e. The van der Waals surface area contributed by atoms with Gasteiger partial charge in [0.15, 0.2) is 5.16 Å². The quantitative estimate of drug-likeness (QED) is 0.458. The molecule has 1 aromatic carbocycles. The van der Waals surface area contributed by atoms with E-state index in [0.717, 1.165) is 36.9 Å². The fourth-order valence-corrected chi connectivity index (χ4v) is 5.97. The van der Waals surface area contributed by atoms with E-state index in [1.165, 1.54) is 28.0 Å². The van der Waals surface area contributed by atoms with E-state index in [1.54, 1.807) is 0 Å². The monoisotopic (exact) mass is 507 g/mol. The summed E-state index contributed by atoms with van der Waals surface area (Å²) in [6, 6.07) is 12.0. The van der Waals surface area contributed by atoms with E-state index in [-0.39, 0.29) is 11.7 Å². The van der Waals surface area contributed by atoms with Crippen molar-refractivity contribution in [3.63, 3.8) is 0 Å². The first kappa shape index (κ1) is 23.5. The number of ether oxygens (including phenoxy) is 1. The van der Waals surface area contributed by atoms with Crippen LogP contribution in [0.15, 0.2) is 35.5 Å². The molecule has 2 aromatic heterocycles. The maximum atomic E-state index is 12.8. The van der Waals surface area contributed by atoms with Crippen molar-refractivity contribution in [2.45, 2.75) is 30.8 Å². The predicted octanol–water partition coefficient (Wildman–Crippen LogP) is 3.99. The summed E-state index contributed by atoms with van der Waals surface area (Å²) in [5.41, 5.74) is 2.59. The Hall–Kier alpha value is -3.20. The van der Waals surface area contributed by atoms with Crippen molar-refractivity contribution in [1.29, 1.82) is 5.26 Å². The Kier molecular flexibility index (Phi) is 7.42. The van der Waals surface area contributed by atoms with Gasteiger partial charge >= 0.3 is 0 Å². The molecule has 1 fully saturated rings. The molecule has 5 rings (SSSR count). The van der Waals surface area contributed by atoms with Crippen LogP contribution in [0.2, 0.25) is 0 Å². The number of para-hydroxylation sites is 1. The molecule has 1 aliphatic heterocycles. The third-order valence-electron chi connectivity index (χ3n) is 5.80. The highest BCUT2D eigenvalue weighted by Crippen LogP contribution is 2.37. The predicted molar refractivity (Wildman–Crippen MR) is 138 cm³/mol. The molecule has 3 aromatic rings. The third kappa shape index (κ3) is 5.73. The number of aryl methyl sites for hydroxylation is 1. The third-order valence-corrected chi connectivity index (χ3v) is 7.85. The highest BCUT2D eigenvalue weighted by Gasteiger charge is 2.22. The number of aromatic nitrogens is 3. The lowest BCUT2D eigenvalue weighted by Gasteiger charge is -2.27. The number of amides is 1. The number of hydrogen-bond acceptors (Lipinski definition) is 10. The number of nitrogens with zero attached hydrogens (tertiary/aromatic N) is 5. The molecule has 1 aliphatic carbocycles. The number of rotatable bonds is 7. The van der Waals surface area contributed by atoms with Gasteiger partial charge in [-0.15, -0.1) is 11.3 Å². The first-order valence-electron chi connectivity index (χ1n) is 11.6. The van der Waals surface area contributed by atoms with Crippen LogP contribution in [-0.2, 0) is 22.4 Å². The van der Waals surface area contributed by atoms with Gasteiger partial charge < -0.3 is 20.3 Å². The van der Waals surface area contributed by atoms with E-state index < -0.39 is 0 Å². The Bertz CT molecular complexity index is 1240. The Morgan fingerprint density at radius 3 is 2.74 bits per heavy atom. The molecule has 180 valence electrons. The van der Waals surface area contributed by atoms with Crippen LogP contribution in [0.4, 0.5) is 22.6 Å². The second-order valence-electron chi connectivity index (χ2n) is 8.20. The van der Waals surface area contributed by atoms with Gasteiger partial charge in [-0.1, -0.05) is 30.0 Å². The minimum atomic E-state index is -0.184. The van der Waals surface area contributed by atoms with Crippen molar-refractivity contribution in [3.05, 3.63) is 46.3 Å². The summed E-state index contributed by atoms with van der Waals surface area (Å²) >= 11 is 2.78. The van der Waals surface area contributed by atoms with Crippen molar-refractivity contribution < 1.29 is 9.53 Å². The van der Waals surface area contributed by atoms with E-state index >= 15 is 0 Å². The van der Waals surface area contributed by atoms with Crippen molar-refractivity contribution >= 4 is 51.6 Å². The summed E-state index contributed by atoms with van der Waals surface area (Å²) in [6.07, 6.45) is 4.11. The molecule has 0 spiro atoms. The van der Waals surface area contributed by atoms with Crippen LogP contribution in [0.25, 0.3) is 0 Å². The van der Waals surface area contributed by atoms with Gasteiger partial charge in [0, 0.05) is 23.7 Å². The van der Waals surface area contributed by atoms with Crippen LogP contribution in [-0.4, -0.2) is 52.9 Å². The number of benzene rings is 1. The van der Waals surface area contributed by atoms with Crippen LogP contribution >= 0.6 is 23.1 Å². The molecule has 0 bridgehead atoms. The first-order valence-corrected chi connectivity index (χ1v) is 13.4. The van der Waals surface area contributed by atoms with Crippen LogP contribution in [0.3, 0.4) is 0 Å². The summed E-state index contributed by atoms with van der Waals surface area (Å²) in [5.74, 6) is 0.928. The first-order chi connectivity index (χ1) is 17.2. The van der Waals surface area contributed by atoms with Gasteiger partial charge in [-0.2, -0.15) is 20.2 Å². The Morgan fingerprint density at radius 2 is 1.94 bits per heavy atom. The van der Waals surface area contributed by atoms with E-state index in [2.05, 4.69) is 36.6 Å². The second-order valence-corrected chi connectivity index (χ2v) is 10.2. The van der Waals surface area contributed by atoms with Crippen molar-refractivity contribution in [3.8, 4) is 6.07 Å². The zero-order valence-electron chi connectivity index (χ0n) is 19.1. The molecular weight excluding hydrogens is 482 g/mol. The summed E-state index contributed by atoms with van der Waals surface area (Å²) < 4.78 is 5.45. The van der Waals surface area contributed by atoms with Crippen LogP contribution < -0.4 is 15.5 Å². The highest BCUT2D eigenvalue weighted by molar-refractivity contribution is 7.99. The standard InChI is InChI=1S/C24H25N7O2S2/c25-14-18-17-8-4-5-9-19(17)35-21(18)27-20(32)15-34-24-29-22(26-16-6-2-1-3-7-16)28-23(30-24)31-10-12-33-13-11-31/h1-3,6-7H,4-5,8-13,15H2,(H,27,32)(H,26,28,29,30). The lowest BCUT2D eigenvalue weighted by Crippen LogP contribution is -2.37. The molecule has 0 radical (unpaired) electrons. The van der Waals surface area contributed by atoms with E-state index in [1.807, 2.05) is 30.3 Å². The summed E-state index contributed by atoms with van der Waals surface area (Å²) in [7, 11) is 0. The maximum Gasteiger partial charge on any atom is 0.235 e. The normalized spacial score (nSPS) is 15.2. The lowest BCUT2D eigenvalue weighted by molar-refractivity contribution is -0.113. The number of thioether (sulfide) groups is 1. The minimum Gasteiger partial charge on any atom is -0.378 e. The number of thiophene rings is 1. The van der Waals surface area contributed by atoms with Crippen molar-refractivity contribution in [2.24, 2.45) is 0 Å². The van der Waals surface area contributed by atoms with Gasteiger partial charge in [0.2, 0.25) is 17.8 Å². The van der Waals surface area contributed by atoms with E-state index in [9.17, 15) is 10.1 Å². The number of carbonyl (C=O) groups excluding carboxylic acids is 1. The van der Waals surface area contributed by atoms with E-state index in [4.69, 9.17) is 4.74 Å². The summed E-state index contributed by atoms with van der Waals surface area (Å²) in [5, 5.41) is 16.9. The Labute approximate surface area is 211 Å².